The second-order valence-corrected chi connectivity index (χ2v) is 7.67. The lowest BCUT2D eigenvalue weighted by atomic mass is 10.0. The van der Waals surface area contributed by atoms with Gasteiger partial charge in [0.15, 0.2) is 11.5 Å². The fourth-order valence-electron chi connectivity index (χ4n) is 3.04. The Morgan fingerprint density at radius 1 is 0.935 bits per heavy atom. The first-order valence-corrected chi connectivity index (χ1v) is 10.2. The van der Waals surface area contributed by atoms with Crippen LogP contribution >= 0.6 is 0 Å². The van der Waals surface area contributed by atoms with Crippen molar-refractivity contribution in [2.75, 3.05) is 48.6 Å². The molecule has 0 fully saturated rings. The molecule has 0 unspecified atom stereocenters. The first kappa shape index (κ1) is 24.3. The third-order valence-corrected chi connectivity index (χ3v) is 4.77. The highest BCUT2D eigenvalue weighted by atomic mass is 16.5. The SMILES string of the molecule is COc1cc(C(=O)OCc2ccc(C(C)C)c(OCCN(C)C)c2)cc(OC)c1OC. The van der Waals surface area contributed by atoms with Gasteiger partial charge < -0.3 is 28.6 Å². The first-order valence-electron chi connectivity index (χ1n) is 10.2. The Hall–Kier alpha value is -2.93. The van der Waals surface area contributed by atoms with Crippen molar-refractivity contribution in [3.63, 3.8) is 0 Å². The molecule has 0 N–H and O–H groups in total. The number of methoxy groups -OCH3 is 3. The predicted molar refractivity (Wildman–Crippen MR) is 120 cm³/mol. The number of ether oxygens (including phenoxy) is 5. The van der Waals surface area contributed by atoms with Crippen LogP contribution in [0.3, 0.4) is 0 Å². The third kappa shape index (κ3) is 6.52. The molecule has 31 heavy (non-hydrogen) atoms. The van der Waals surface area contributed by atoms with Crippen molar-refractivity contribution in [2.45, 2.75) is 26.4 Å². The van der Waals surface area contributed by atoms with Crippen LogP contribution in [0.1, 0.15) is 41.3 Å². The summed E-state index contributed by atoms with van der Waals surface area (Å²) in [6.07, 6.45) is 0. The Balaban J connectivity index is 2.15. The Morgan fingerprint density at radius 2 is 1.58 bits per heavy atom. The molecule has 0 saturated carbocycles. The number of carbonyl (C=O) groups is 1. The van der Waals surface area contributed by atoms with Gasteiger partial charge in [-0.1, -0.05) is 26.0 Å². The Kier molecular flexibility index (Phi) is 9.00. The number of benzene rings is 2. The standard InChI is InChI=1S/C24H33NO6/c1-16(2)19-9-8-17(12-20(19)30-11-10-25(3)4)15-31-24(26)18-13-21(27-5)23(29-7)22(14-18)28-6/h8-9,12-14,16H,10-11,15H2,1-7H3. The normalized spacial score (nSPS) is 10.9. The van der Waals surface area contributed by atoms with E-state index in [1.54, 1.807) is 12.1 Å². The molecule has 2 aromatic carbocycles. The predicted octanol–water partition coefficient (Wildman–Crippen LogP) is 4.13. The van der Waals surface area contributed by atoms with Crippen LogP contribution in [-0.4, -0.2) is 59.4 Å². The Labute approximate surface area is 184 Å². The fraction of sp³-hybridized carbons (Fsp3) is 0.458. The van der Waals surface area contributed by atoms with E-state index in [0.717, 1.165) is 23.4 Å². The quantitative estimate of drug-likeness (QED) is 0.496. The van der Waals surface area contributed by atoms with Crippen molar-refractivity contribution in [3.8, 4) is 23.0 Å². The summed E-state index contributed by atoms with van der Waals surface area (Å²) in [4.78, 5) is 14.7. The van der Waals surface area contributed by atoms with Gasteiger partial charge in [-0.25, -0.2) is 4.79 Å². The number of carbonyl (C=O) groups excluding carboxylic acids is 1. The lowest BCUT2D eigenvalue weighted by Crippen LogP contribution is -2.20. The van der Waals surface area contributed by atoms with Gasteiger partial charge in [0.2, 0.25) is 5.75 Å². The number of hydrogen-bond donors (Lipinski definition) is 0. The van der Waals surface area contributed by atoms with E-state index in [1.807, 2.05) is 32.3 Å². The summed E-state index contributed by atoms with van der Waals surface area (Å²) in [5.74, 6) is 1.87. The van der Waals surface area contributed by atoms with Crippen molar-refractivity contribution in [1.29, 1.82) is 0 Å². The van der Waals surface area contributed by atoms with E-state index < -0.39 is 5.97 Å². The first-order chi connectivity index (χ1) is 14.8. The average molecular weight is 432 g/mol. The summed E-state index contributed by atoms with van der Waals surface area (Å²) in [5, 5.41) is 0. The molecular formula is C24H33NO6. The summed E-state index contributed by atoms with van der Waals surface area (Å²) < 4.78 is 27.4. The van der Waals surface area contributed by atoms with Crippen molar-refractivity contribution >= 4 is 5.97 Å². The van der Waals surface area contributed by atoms with E-state index in [2.05, 4.69) is 18.7 Å². The zero-order valence-electron chi connectivity index (χ0n) is 19.5. The molecule has 0 atom stereocenters. The summed E-state index contributed by atoms with van der Waals surface area (Å²) in [6, 6.07) is 9.06. The van der Waals surface area contributed by atoms with E-state index in [9.17, 15) is 4.79 Å². The summed E-state index contributed by atoms with van der Waals surface area (Å²) in [7, 11) is 8.52. The molecule has 0 aliphatic heterocycles. The van der Waals surface area contributed by atoms with Crippen LogP contribution < -0.4 is 18.9 Å². The van der Waals surface area contributed by atoms with Crippen molar-refractivity contribution < 1.29 is 28.5 Å². The molecule has 2 rings (SSSR count). The van der Waals surface area contributed by atoms with Gasteiger partial charge in [-0.05, 0) is 49.3 Å². The van der Waals surface area contributed by atoms with Crippen LogP contribution in [0.4, 0.5) is 0 Å². The van der Waals surface area contributed by atoms with Crippen LogP contribution in [0.2, 0.25) is 0 Å². The highest BCUT2D eigenvalue weighted by molar-refractivity contribution is 5.91. The lowest BCUT2D eigenvalue weighted by Gasteiger charge is -2.17. The molecule has 0 aliphatic carbocycles. The highest BCUT2D eigenvalue weighted by Crippen LogP contribution is 2.38. The van der Waals surface area contributed by atoms with Gasteiger partial charge in [0.1, 0.15) is 19.0 Å². The Morgan fingerprint density at radius 3 is 2.10 bits per heavy atom. The van der Waals surface area contributed by atoms with E-state index in [-0.39, 0.29) is 6.61 Å². The van der Waals surface area contributed by atoms with Gasteiger partial charge in [0.05, 0.1) is 26.9 Å². The van der Waals surface area contributed by atoms with Gasteiger partial charge in [-0.2, -0.15) is 0 Å². The number of likely N-dealkylation sites (N-methyl/N-ethyl adjacent to an activating group) is 1. The third-order valence-electron chi connectivity index (χ3n) is 4.77. The van der Waals surface area contributed by atoms with E-state index >= 15 is 0 Å². The topological polar surface area (TPSA) is 66.5 Å². The molecule has 170 valence electrons. The van der Waals surface area contributed by atoms with Gasteiger partial charge in [0.25, 0.3) is 0 Å². The molecular weight excluding hydrogens is 398 g/mol. The molecule has 0 heterocycles. The number of hydrogen-bond acceptors (Lipinski definition) is 7. The van der Waals surface area contributed by atoms with E-state index in [4.69, 9.17) is 23.7 Å². The molecule has 0 radical (unpaired) electrons. The van der Waals surface area contributed by atoms with Crippen molar-refractivity contribution in [2.24, 2.45) is 0 Å². The minimum atomic E-state index is -0.484. The van der Waals surface area contributed by atoms with Gasteiger partial charge >= 0.3 is 5.97 Å². The van der Waals surface area contributed by atoms with Crippen LogP contribution in [0.25, 0.3) is 0 Å². The monoisotopic (exact) mass is 431 g/mol. The summed E-state index contributed by atoms with van der Waals surface area (Å²) >= 11 is 0. The van der Waals surface area contributed by atoms with Crippen molar-refractivity contribution in [1.82, 2.24) is 4.90 Å². The molecule has 0 spiro atoms. The van der Waals surface area contributed by atoms with Gasteiger partial charge in [-0.3, -0.25) is 0 Å². The Bertz CT molecular complexity index is 853. The minimum absolute atomic E-state index is 0.123. The maximum absolute atomic E-state index is 12.7. The summed E-state index contributed by atoms with van der Waals surface area (Å²) in [6.45, 7) is 5.77. The average Bonchev–Trinajstić information content (AvgIpc) is 2.75. The van der Waals surface area contributed by atoms with E-state index in [0.29, 0.717) is 35.3 Å². The van der Waals surface area contributed by atoms with Crippen LogP contribution in [0.5, 0.6) is 23.0 Å². The number of nitrogens with zero attached hydrogens (tertiary/aromatic N) is 1. The molecule has 0 aliphatic rings. The molecule has 7 nitrogen and oxygen atoms in total. The molecule has 0 aromatic heterocycles. The molecule has 0 amide bonds. The van der Waals surface area contributed by atoms with E-state index in [1.165, 1.54) is 21.3 Å². The van der Waals surface area contributed by atoms with Gasteiger partial charge in [0, 0.05) is 6.54 Å². The summed E-state index contributed by atoms with van der Waals surface area (Å²) in [5.41, 5.74) is 2.29. The number of esters is 1. The second-order valence-electron chi connectivity index (χ2n) is 7.67. The maximum Gasteiger partial charge on any atom is 0.338 e. The van der Waals surface area contributed by atoms with Crippen molar-refractivity contribution in [3.05, 3.63) is 47.0 Å². The minimum Gasteiger partial charge on any atom is -0.493 e. The van der Waals surface area contributed by atoms with Gasteiger partial charge in [-0.15, -0.1) is 0 Å². The van der Waals surface area contributed by atoms with Crippen LogP contribution in [-0.2, 0) is 11.3 Å². The zero-order valence-corrected chi connectivity index (χ0v) is 19.5. The fourth-order valence-corrected chi connectivity index (χ4v) is 3.04. The smallest absolute Gasteiger partial charge is 0.338 e. The molecule has 0 bridgehead atoms. The number of rotatable bonds is 11. The second kappa shape index (κ2) is 11.5. The molecule has 0 saturated heterocycles. The zero-order chi connectivity index (χ0) is 23.0. The lowest BCUT2D eigenvalue weighted by molar-refractivity contribution is 0.0471. The maximum atomic E-state index is 12.7. The largest absolute Gasteiger partial charge is 0.493 e. The molecule has 2 aromatic rings. The highest BCUT2D eigenvalue weighted by Gasteiger charge is 2.18. The molecule has 7 heteroatoms. The van der Waals surface area contributed by atoms with Crippen LogP contribution in [0.15, 0.2) is 30.3 Å². The van der Waals surface area contributed by atoms with Crippen LogP contribution in [0, 0.1) is 0 Å².